The molecule has 3 aliphatic heterocycles. The number of nitrogens with one attached hydrogen (secondary N) is 2. The van der Waals surface area contributed by atoms with Crippen LogP contribution in [0.15, 0.2) is 66.7 Å². The second-order valence-electron chi connectivity index (χ2n) is 13.7. The SMILES string of the molecule is CCN(CCCN1C(=O)[C@@H]2[C@H](C(=O)Nc3cccc(C)c3)[C@@H]3C=C[C@@]2(O3)[C@@H]1C(=O)N[C@@H]1CCC[C@H](C)[C@H]1C)Cc1ccccc1. The Morgan fingerprint density at radius 2 is 1.87 bits per heavy atom. The number of hydrogen-bond donors (Lipinski definition) is 2. The summed E-state index contributed by atoms with van der Waals surface area (Å²) in [6, 6.07) is 17.3. The maximum Gasteiger partial charge on any atom is 0.246 e. The molecule has 240 valence electrons. The van der Waals surface area contributed by atoms with Gasteiger partial charge in [0.05, 0.1) is 17.9 Å². The van der Waals surface area contributed by atoms with Crippen molar-refractivity contribution in [2.24, 2.45) is 23.7 Å². The lowest BCUT2D eigenvalue weighted by molar-refractivity contribution is -0.141. The molecule has 1 saturated carbocycles. The summed E-state index contributed by atoms with van der Waals surface area (Å²) in [5.41, 5.74) is 1.82. The van der Waals surface area contributed by atoms with Gasteiger partial charge < -0.3 is 20.3 Å². The fraction of sp³-hybridized carbons (Fsp3) is 0.541. The molecule has 2 bridgehead atoms. The number of ether oxygens (including phenoxy) is 1. The molecule has 3 heterocycles. The van der Waals surface area contributed by atoms with E-state index in [1.165, 1.54) is 5.56 Å². The summed E-state index contributed by atoms with van der Waals surface area (Å²) >= 11 is 0. The van der Waals surface area contributed by atoms with Gasteiger partial charge in [0, 0.05) is 31.4 Å². The Balaban J connectivity index is 1.24. The smallest absolute Gasteiger partial charge is 0.246 e. The number of likely N-dealkylation sites (tertiary alicyclic amines) is 1. The number of fused-ring (bicyclic) bond motifs is 1. The van der Waals surface area contributed by atoms with Crippen LogP contribution < -0.4 is 10.6 Å². The van der Waals surface area contributed by atoms with Gasteiger partial charge in [-0.3, -0.25) is 19.3 Å². The van der Waals surface area contributed by atoms with Gasteiger partial charge in [-0.1, -0.05) is 88.2 Å². The van der Waals surface area contributed by atoms with Crippen LogP contribution in [0.1, 0.15) is 57.6 Å². The van der Waals surface area contributed by atoms with Gasteiger partial charge in [0.25, 0.3) is 0 Å². The van der Waals surface area contributed by atoms with Gasteiger partial charge in [0.1, 0.15) is 11.6 Å². The highest BCUT2D eigenvalue weighted by molar-refractivity contribution is 6.02. The first kappa shape index (κ1) is 31.5. The second-order valence-corrected chi connectivity index (χ2v) is 13.7. The van der Waals surface area contributed by atoms with Gasteiger partial charge >= 0.3 is 0 Å². The molecular formula is C37H48N4O4. The molecule has 8 atom stereocenters. The number of carbonyl (C=O) groups is 3. The van der Waals surface area contributed by atoms with Gasteiger partial charge in [0.2, 0.25) is 17.7 Å². The molecule has 1 aliphatic carbocycles. The van der Waals surface area contributed by atoms with E-state index in [0.29, 0.717) is 30.5 Å². The third-order valence-corrected chi connectivity index (χ3v) is 10.8. The monoisotopic (exact) mass is 612 g/mol. The highest BCUT2D eigenvalue weighted by atomic mass is 16.5. The van der Waals surface area contributed by atoms with Crippen LogP contribution >= 0.6 is 0 Å². The van der Waals surface area contributed by atoms with Crippen LogP contribution in [-0.4, -0.2) is 70.9 Å². The summed E-state index contributed by atoms with van der Waals surface area (Å²) in [6.07, 6.45) is 7.13. The molecule has 2 N–H and O–H groups in total. The molecule has 45 heavy (non-hydrogen) atoms. The zero-order valence-corrected chi connectivity index (χ0v) is 27.1. The summed E-state index contributed by atoms with van der Waals surface area (Å²) in [5, 5.41) is 6.39. The molecule has 0 aromatic heterocycles. The van der Waals surface area contributed by atoms with Crippen LogP contribution in [-0.2, 0) is 25.7 Å². The van der Waals surface area contributed by atoms with Crippen molar-refractivity contribution in [2.45, 2.75) is 83.7 Å². The number of amides is 3. The number of aryl methyl sites for hydroxylation is 1. The lowest BCUT2D eigenvalue weighted by atomic mass is 9.73. The number of carbonyl (C=O) groups excluding carboxylic acids is 3. The van der Waals surface area contributed by atoms with Crippen LogP contribution in [0.5, 0.6) is 0 Å². The maximum atomic E-state index is 14.4. The van der Waals surface area contributed by atoms with E-state index < -0.39 is 29.6 Å². The zero-order chi connectivity index (χ0) is 31.7. The van der Waals surface area contributed by atoms with Crippen LogP contribution in [0.2, 0.25) is 0 Å². The number of nitrogens with zero attached hydrogens (tertiary/aromatic N) is 2. The Labute approximate surface area is 267 Å². The van der Waals surface area contributed by atoms with Gasteiger partial charge in [-0.2, -0.15) is 0 Å². The second kappa shape index (κ2) is 13.1. The Kier molecular flexibility index (Phi) is 9.16. The lowest BCUT2D eigenvalue weighted by Crippen LogP contribution is -2.58. The van der Waals surface area contributed by atoms with Crippen molar-refractivity contribution < 1.29 is 19.1 Å². The van der Waals surface area contributed by atoms with E-state index in [1.54, 1.807) is 4.90 Å². The molecule has 3 fully saturated rings. The predicted octanol–water partition coefficient (Wildman–Crippen LogP) is 4.94. The quantitative estimate of drug-likeness (QED) is 0.351. The molecule has 8 heteroatoms. The van der Waals surface area contributed by atoms with Crippen molar-refractivity contribution >= 4 is 23.4 Å². The molecule has 2 aromatic carbocycles. The number of benzene rings is 2. The average molecular weight is 613 g/mol. The first-order valence-corrected chi connectivity index (χ1v) is 16.8. The molecule has 6 rings (SSSR count). The van der Waals surface area contributed by atoms with Gasteiger partial charge in [0.15, 0.2) is 0 Å². The van der Waals surface area contributed by atoms with Crippen LogP contribution in [0, 0.1) is 30.6 Å². The van der Waals surface area contributed by atoms with Crippen molar-refractivity contribution in [1.82, 2.24) is 15.1 Å². The van der Waals surface area contributed by atoms with Crippen LogP contribution in [0.4, 0.5) is 5.69 Å². The maximum absolute atomic E-state index is 14.4. The minimum absolute atomic E-state index is 0.0538. The molecule has 2 saturated heterocycles. The van der Waals surface area contributed by atoms with E-state index in [2.05, 4.69) is 60.6 Å². The van der Waals surface area contributed by atoms with Gasteiger partial charge in [-0.05, 0) is 61.4 Å². The van der Waals surface area contributed by atoms with Crippen molar-refractivity contribution in [2.75, 3.05) is 25.0 Å². The van der Waals surface area contributed by atoms with Crippen LogP contribution in [0.3, 0.4) is 0 Å². The van der Waals surface area contributed by atoms with Crippen molar-refractivity contribution in [3.8, 4) is 0 Å². The van der Waals surface area contributed by atoms with E-state index in [1.807, 2.05) is 49.4 Å². The molecule has 8 nitrogen and oxygen atoms in total. The van der Waals surface area contributed by atoms with Crippen molar-refractivity contribution in [3.63, 3.8) is 0 Å². The minimum Gasteiger partial charge on any atom is -0.359 e. The molecule has 0 radical (unpaired) electrons. The number of hydrogen-bond acceptors (Lipinski definition) is 5. The largest absolute Gasteiger partial charge is 0.359 e. The molecule has 0 unspecified atom stereocenters. The highest BCUT2D eigenvalue weighted by Crippen LogP contribution is 2.55. The summed E-state index contributed by atoms with van der Waals surface area (Å²) in [6.45, 7) is 11.5. The highest BCUT2D eigenvalue weighted by Gasteiger charge is 2.72. The third kappa shape index (κ3) is 6.07. The van der Waals surface area contributed by atoms with E-state index in [9.17, 15) is 14.4 Å². The van der Waals surface area contributed by atoms with Gasteiger partial charge in [-0.25, -0.2) is 0 Å². The zero-order valence-electron chi connectivity index (χ0n) is 27.1. The summed E-state index contributed by atoms with van der Waals surface area (Å²) < 4.78 is 6.57. The summed E-state index contributed by atoms with van der Waals surface area (Å²) in [4.78, 5) is 46.6. The van der Waals surface area contributed by atoms with E-state index in [0.717, 1.165) is 44.5 Å². The fourth-order valence-electron chi connectivity index (χ4n) is 8.16. The Morgan fingerprint density at radius 1 is 1.07 bits per heavy atom. The van der Waals surface area contributed by atoms with Crippen molar-refractivity contribution in [1.29, 1.82) is 0 Å². The Morgan fingerprint density at radius 3 is 2.62 bits per heavy atom. The summed E-state index contributed by atoms with van der Waals surface area (Å²) in [7, 11) is 0. The topological polar surface area (TPSA) is 91.0 Å². The average Bonchev–Trinajstić information content (AvgIpc) is 3.67. The Hall–Kier alpha value is -3.49. The number of rotatable bonds is 11. The molecular weight excluding hydrogens is 564 g/mol. The predicted molar refractivity (Wildman–Crippen MR) is 175 cm³/mol. The van der Waals surface area contributed by atoms with Crippen molar-refractivity contribution in [3.05, 3.63) is 77.9 Å². The molecule has 3 amide bonds. The van der Waals surface area contributed by atoms with Gasteiger partial charge in [-0.15, -0.1) is 0 Å². The normalized spacial score (nSPS) is 31.8. The molecule has 4 aliphatic rings. The standard InChI is InChI=1S/C37H48N4O4/c1-5-40(23-27-14-7-6-8-15-27)20-11-21-41-33(35(43)39-29-17-10-13-25(3)26(29)4)37-19-18-30(45-37)31(32(37)36(41)44)34(42)38-28-16-9-12-24(2)22-28/h6-9,12,14-16,18-19,22,25-26,29-33H,5,10-11,13,17,20-21,23H2,1-4H3,(H,38,42)(H,39,43)/t25-,26+,29+,30-,31+,32-,33-,37-/m0/s1. The van der Waals surface area contributed by atoms with E-state index in [4.69, 9.17) is 4.74 Å². The van der Waals surface area contributed by atoms with E-state index in [-0.39, 0.29) is 23.8 Å². The lowest BCUT2D eigenvalue weighted by Gasteiger charge is -2.38. The fourth-order valence-corrected chi connectivity index (χ4v) is 8.16. The first-order chi connectivity index (χ1) is 21.7. The third-order valence-electron chi connectivity index (χ3n) is 10.8. The molecule has 2 aromatic rings. The number of anilines is 1. The summed E-state index contributed by atoms with van der Waals surface area (Å²) in [5.74, 6) is -1.16. The Bertz CT molecular complexity index is 1430. The minimum atomic E-state index is -1.15. The first-order valence-electron chi connectivity index (χ1n) is 16.8. The van der Waals surface area contributed by atoms with Crippen LogP contribution in [0.25, 0.3) is 0 Å². The van der Waals surface area contributed by atoms with E-state index >= 15 is 0 Å². The molecule has 1 spiro atoms.